The first kappa shape index (κ1) is 11.9. The Labute approximate surface area is 84.4 Å². The van der Waals surface area contributed by atoms with Gasteiger partial charge in [0.1, 0.15) is 0 Å². The van der Waals surface area contributed by atoms with E-state index in [2.05, 4.69) is 0 Å². The zero-order chi connectivity index (χ0) is 11.0. The Morgan fingerprint density at radius 2 is 2.00 bits per heavy atom. The lowest BCUT2D eigenvalue weighted by atomic mass is 9.89. The summed E-state index contributed by atoms with van der Waals surface area (Å²) < 4.78 is 27.4. The van der Waals surface area contributed by atoms with Crippen molar-refractivity contribution >= 4 is 0 Å². The zero-order valence-corrected chi connectivity index (χ0v) is 9.19. The van der Waals surface area contributed by atoms with Crippen LogP contribution in [0.3, 0.4) is 0 Å². The van der Waals surface area contributed by atoms with E-state index < -0.39 is 17.4 Å². The van der Waals surface area contributed by atoms with Gasteiger partial charge in [-0.1, -0.05) is 0 Å². The molecule has 0 aromatic carbocycles. The molecular weight excluding hydrogens is 186 g/mol. The molecule has 0 saturated carbocycles. The van der Waals surface area contributed by atoms with Gasteiger partial charge in [-0.15, -0.1) is 0 Å². The SMILES string of the molecule is CN1CCC(C(F)(F)CC(C)(C)N)C1. The van der Waals surface area contributed by atoms with Gasteiger partial charge in [0.05, 0.1) is 0 Å². The van der Waals surface area contributed by atoms with Gasteiger partial charge in [-0.05, 0) is 33.9 Å². The summed E-state index contributed by atoms with van der Waals surface area (Å²) >= 11 is 0. The van der Waals surface area contributed by atoms with E-state index >= 15 is 0 Å². The molecule has 0 radical (unpaired) electrons. The summed E-state index contributed by atoms with van der Waals surface area (Å²) in [6, 6.07) is 0. The first-order chi connectivity index (χ1) is 6.21. The lowest BCUT2D eigenvalue weighted by molar-refractivity contribution is -0.0732. The molecule has 1 rings (SSSR count). The van der Waals surface area contributed by atoms with Gasteiger partial charge in [-0.25, -0.2) is 8.78 Å². The third kappa shape index (κ3) is 3.17. The molecule has 1 heterocycles. The highest BCUT2D eigenvalue weighted by molar-refractivity contribution is 4.90. The van der Waals surface area contributed by atoms with Gasteiger partial charge in [0.25, 0.3) is 5.92 Å². The van der Waals surface area contributed by atoms with Crippen molar-refractivity contribution in [3.8, 4) is 0 Å². The second-order valence-electron chi connectivity index (χ2n) is 5.17. The van der Waals surface area contributed by atoms with E-state index in [0.717, 1.165) is 6.54 Å². The van der Waals surface area contributed by atoms with E-state index in [9.17, 15) is 8.78 Å². The fourth-order valence-corrected chi connectivity index (χ4v) is 2.03. The monoisotopic (exact) mass is 206 g/mol. The maximum absolute atomic E-state index is 13.7. The van der Waals surface area contributed by atoms with Crippen LogP contribution in [0.15, 0.2) is 0 Å². The molecule has 1 saturated heterocycles. The maximum atomic E-state index is 13.7. The third-order valence-corrected chi connectivity index (χ3v) is 2.68. The van der Waals surface area contributed by atoms with Crippen LogP contribution in [0.5, 0.6) is 0 Å². The van der Waals surface area contributed by atoms with Crippen LogP contribution in [-0.4, -0.2) is 36.5 Å². The Kier molecular flexibility index (Phi) is 3.17. The number of rotatable bonds is 3. The van der Waals surface area contributed by atoms with Crippen molar-refractivity contribution in [1.82, 2.24) is 4.90 Å². The standard InChI is InChI=1S/C10H20F2N2/c1-9(2,13)7-10(11,12)8-4-5-14(3)6-8/h8H,4-7,13H2,1-3H3. The van der Waals surface area contributed by atoms with Crippen LogP contribution in [-0.2, 0) is 0 Å². The Morgan fingerprint density at radius 3 is 2.36 bits per heavy atom. The maximum Gasteiger partial charge on any atom is 0.253 e. The Hall–Kier alpha value is -0.220. The summed E-state index contributed by atoms with van der Waals surface area (Å²) in [6.07, 6.45) is 0.359. The summed E-state index contributed by atoms with van der Waals surface area (Å²) in [7, 11) is 1.88. The van der Waals surface area contributed by atoms with Crippen molar-refractivity contribution in [3.63, 3.8) is 0 Å². The highest BCUT2D eigenvalue weighted by Gasteiger charge is 2.44. The topological polar surface area (TPSA) is 29.3 Å². The van der Waals surface area contributed by atoms with Crippen molar-refractivity contribution < 1.29 is 8.78 Å². The molecule has 1 unspecified atom stereocenters. The Morgan fingerprint density at radius 1 is 1.43 bits per heavy atom. The quantitative estimate of drug-likeness (QED) is 0.761. The molecule has 0 spiro atoms. The molecule has 0 aromatic rings. The lowest BCUT2D eigenvalue weighted by Crippen LogP contribution is -2.43. The van der Waals surface area contributed by atoms with E-state index in [1.165, 1.54) is 0 Å². The molecule has 1 atom stereocenters. The normalized spacial score (nSPS) is 25.7. The van der Waals surface area contributed by atoms with Gasteiger partial charge in [-0.3, -0.25) is 0 Å². The minimum absolute atomic E-state index is 0.224. The predicted molar refractivity (Wildman–Crippen MR) is 53.4 cm³/mol. The number of likely N-dealkylation sites (tertiary alicyclic amines) is 1. The van der Waals surface area contributed by atoms with E-state index in [-0.39, 0.29) is 6.42 Å². The number of alkyl halides is 2. The molecule has 1 fully saturated rings. The lowest BCUT2D eigenvalue weighted by Gasteiger charge is -2.29. The van der Waals surface area contributed by atoms with Crippen LogP contribution in [0.1, 0.15) is 26.7 Å². The minimum Gasteiger partial charge on any atom is -0.325 e. The van der Waals surface area contributed by atoms with Crippen LogP contribution < -0.4 is 5.73 Å². The van der Waals surface area contributed by atoms with E-state index in [1.807, 2.05) is 11.9 Å². The zero-order valence-electron chi connectivity index (χ0n) is 9.19. The van der Waals surface area contributed by atoms with Crippen LogP contribution in [0.25, 0.3) is 0 Å². The number of nitrogens with zero attached hydrogens (tertiary/aromatic N) is 1. The average molecular weight is 206 g/mol. The number of nitrogens with two attached hydrogens (primary N) is 1. The Bertz CT molecular complexity index is 199. The highest BCUT2D eigenvalue weighted by atomic mass is 19.3. The fraction of sp³-hybridized carbons (Fsp3) is 1.00. The number of halogens is 2. The summed E-state index contributed by atoms with van der Waals surface area (Å²) in [5.74, 6) is -3.14. The molecule has 0 bridgehead atoms. The van der Waals surface area contributed by atoms with Crippen molar-refractivity contribution in [2.75, 3.05) is 20.1 Å². The van der Waals surface area contributed by atoms with Gasteiger partial charge in [0, 0.05) is 24.4 Å². The molecule has 0 aromatic heterocycles. The molecule has 4 heteroatoms. The van der Waals surface area contributed by atoms with Crippen molar-refractivity contribution in [3.05, 3.63) is 0 Å². The number of hydrogen-bond donors (Lipinski definition) is 1. The van der Waals surface area contributed by atoms with Crippen LogP contribution in [0.4, 0.5) is 8.78 Å². The minimum atomic E-state index is -2.62. The highest BCUT2D eigenvalue weighted by Crippen LogP contribution is 2.37. The third-order valence-electron chi connectivity index (χ3n) is 2.68. The smallest absolute Gasteiger partial charge is 0.253 e. The largest absolute Gasteiger partial charge is 0.325 e. The second kappa shape index (κ2) is 3.74. The van der Waals surface area contributed by atoms with Crippen molar-refractivity contribution in [2.45, 2.75) is 38.2 Å². The first-order valence-corrected chi connectivity index (χ1v) is 5.06. The second-order valence-corrected chi connectivity index (χ2v) is 5.17. The molecule has 0 aliphatic carbocycles. The average Bonchev–Trinajstić information content (AvgIpc) is 2.29. The summed E-state index contributed by atoms with van der Waals surface area (Å²) in [5.41, 5.74) is 4.84. The molecule has 2 N–H and O–H groups in total. The summed E-state index contributed by atoms with van der Waals surface area (Å²) in [5, 5.41) is 0. The van der Waals surface area contributed by atoms with E-state index in [1.54, 1.807) is 13.8 Å². The van der Waals surface area contributed by atoms with Gasteiger partial charge >= 0.3 is 0 Å². The number of hydrogen-bond acceptors (Lipinski definition) is 2. The van der Waals surface area contributed by atoms with Crippen molar-refractivity contribution in [1.29, 1.82) is 0 Å². The van der Waals surface area contributed by atoms with Gasteiger partial charge in [0.15, 0.2) is 0 Å². The molecule has 2 nitrogen and oxygen atoms in total. The van der Waals surface area contributed by atoms with E-state index in [0.29, 0.717) is 13.0 Å². The molecule has 14 heavy (non-hydrogen) atoms. The predicted octanol–water partition coefficient (Wildman–Crippen LogP) is 1.70. The molecule has 84 valence electrons. The van der Waals surface area contributed by atoms with Gasteiger partial charge in [-0.2, -0.15) is 0 Å². The Balaban J connectivity index is 2.56. The summed E-state index contributed by atoms with van der Waals surface area (Å²) in [4.78, 5) is 1.95. The van der Waals surface area contributed by atoms with Gasteiger partial charge < -0.3 is 10.6 Å². The molecule has 1 aliphatic rings. The van der Waals surface area contributed by atoms with Crippen molar-refractivity contribution in [2.24, 2.45) is 11.7 Å². The van der Waals surface area contributed by atoms with Gasteiger partial charge in [0.2, 0.25) is 0 Å². The van der Waals surface area contributed by atoms with Crippen LogP contribution >= 0.6 is 0 Å². The molecule has 1 aliphatic heterocycles. The van der Waals surface area contributed by atoms with Crippen LogP contribution in [0.2, 0.25) is 0 Å². The van der Waals surface area contributed by atoms with E-state index in [4.69, 9.17) is 5.73 Å². The first-order valence-electron chi connectivity index (χ1n) is 5.06. The fourth-order valence-electron chi connectivity index (χ4n) is 2.03. The van der Waals surface area contributed by atoms with Crippen LogP contribution in [0, 0.1) is 5.92 Å². The molecule has 0 amide bonds. The summed E-state index contributed by atoms with van der Waals surface area (Å²) in [6.45, 7) is 4.56. The molecular formula is C10H20F2N2.